The molecule has 0 saturated heterocycles. The number of rotatable bonds is 5. The van der Waals surface area contributed by atoms with Crippen LogP contribution >= 0.6 is 40.5 Å². The van der Waals surface area contributed by atoms with E-state index in [1.54, 1.807) is 6.08 Å². The third-order valence-corrected chi connectivity index (χ3v) is 3.58. The SMILES string of the molecule is OCC1=C[C@H](NC/C=C/c2ccccc2)[C@H](O)C(O)[C@@H]1O.S.S.S. The third kappa shape index (κ3) is 6.81. The first-order chi connectivity index (χ1) is 10.1. The van der Waals surface area contributed by atoms with Gasteiger partial charge < -0.3 is 25.7 Å². The zero-order chi connectivity index (χ0) is 15.2. The third-order valence-electron chi connectivity index (χ3n) is 3.58. The van der Waals surface area contributed by atoms with Crippen LogP contribution in [0.3, 0.4) is 0 Å². The number of hydrogen-bond donors (Lipinski definition) is 5. The van der Waals surface area contributed by atoms with E-state index in [0.717, 1.165) is 5.56 Å². The molecule has 0 spiro atoms. The standard InChI is InChI=1S/C16H21NO4.3H2S/c18-10-12-9-13(15(20)16(21)14(12)19)17-8-4-7-11-5-2-1-3-6-11;;;/h1-7,9,13-21H,8,10H2;3*1H2/b7-4+;;;/t13-,14+,15-,16?;;;/m0.../s1. The highest BCUT2D eigenvalue weighted by Gasteiger charge is 2.36. The van der Waals surface area contributed by atoms with Crippen molar-refractivity contribution >= 4 is 46.6 Å². The Bertz CT molecular complexity index is 513. The van der Waals surface area contributed by atoms with Gasteiger partial charge in [-0.1, -0.05) is 48.6 Å². The van der Waals surface area contributed by atoms with Crippen molar-refractivity contribution in [1.82, 2.24) is 5.32 Å². The van der Waals surface area contributed by atoms with Gasteiger partial charge in [0.05, 0.1) is 12.6 Å². The molecule has 1 aliphatic rings. The first-order valence-electron chi connectivity index (χ1n) is 6.94. The minimum atomic E-state index is -1.30. The van der Waals surface area contributed by atoms with Gasteiger partial charge in [0.2, 0.25) is 0 Å². The fourth-order valence-electron chi connectivity index (χ4n) is 2.34. The molecule has 0 aromatic heterocycles. The van der Waals surface area contributed by atoms with E-state index in [-0.39, 0.29) is 47.1 Å². The van der Waals surface area contributed by atoms with Crippen molar-refractivity contribution in [3.63, 3.8) is 0 Å². The Kier molecular flexibility index (Phi) is 13.8. The minimum absolute atomic E-state index is 0. The second-order valence-corrected chi connectivity index (χ2v) is 5.07. The van der Waals surface area contributed by atoms with Crippen LogP contribution in [0.1, 0.15) is 5.56 Å². The van der Waals surface area contributed by atoms with Crippen molar-refractivity contribution in [1.29, 1.82) is 0 Å². The first-order valence-corrected chi connectivity index (χ1v) is 6.94. The molecule has 0 amide bonds. The van der Waals surface area contributed by atoms with Crippen LogP contribution in [-0.4, -0.2) is 57.9 Å². The molecule has 138 valence electrons. The second kappa shape index (κ2) is 12.8. The smallest absolute Gasteiger partial charge is 0.111 e. The Morgan fingerprint density at radius 2 is 1.58 bits per heavy atom. The topological polar surface area (TPSA) is 93.0 Å². The summed E-state index contributed by atoms with van der Waals surface area (Å²) in [7, 11) is 0. The lowest BCUT2D eigenvalue weighted by molar-refractivity contribution is -0.0637. The molecular formula is C16H27NO4S3. The summed E-state index contributed by atoms with van der Waals surface area (Å²) >= 11 is 0. The van der Waals surface area contributed by atoms with Gasteiger partial charge in [-0.05, 0) is 11.1 Å². The lowest BCUT2D eigenvalue weighted by Crippen LogP contribution is -2.54. The summed E-state index contributed by atoms with van der Waals surface area (Å²) in [5, 5.41) is 41.5. The molecule has 8 heteroatoms. The predicted octanol–water partition coefficient (Wildman–Crippen LogP) is 0.0114. The van der Waals surface area contributed by atoms with E-state index in [4.69, 9.17) is 5.11 Å². The number of benzene rings is 1. The molecule has 0 aliphatic heterocycles. The van der Waals surface area contributed by atoms with Gasteiger partial charge in [-0.3, -0.25) is 0 Å². The molecule has 2 rings (SSSR count). The normalized spacial score (nSPS) is 25.9. The lowest BCUT2D eigenvalue weighted by atomic mass is 9.88. The molecule has 5 nitrogen and oxygen atoms in total. The predicted molar refractivity (Wildman–Crippen MR) is 112 cm³/mol. The Labute approximate surface area is 163 Å². The maximum Gasteiger partial charge on any atom is 0.111 e. The lowest BCUT2D eigenvalue weighted by Gasteiger charge is -2.34. The van der Waals surface area contributed by atoms with Crippen molar-refractivity contribution in [3.8, 4) is 0 Å². The summed E-state index contributed by atoms with van der Waals surface area (Å²) in [6, 6.07) is 9.30. The number of aliphatic hydroxyl groups excluding tert-OH is 4. The Morgan fingerprint density at radius 3 is 2.17 bits per heavy atom. The van der Waals surface area contributed by atoms with E-state index in [9.17, 15) is 15.3 Å². The molecule has 4 atom stereocenters. The molecule has 0 saturated carbocycles. The van der Waals surface area contributed by atoms with Crippen LogP contribution in [0.4, 0.5) is 0 Å². The van der Waals surface area contributed by atoms with Crippen LogP contribution in [-0.2, 0) is 0 Å². The molecule has 1 aromatic carbocycles. The van der Waals surface area contributed by atoms with Crippen LogP contribution < -0.4 is 5.32 Å². The van der Waals surface area contributed by atoms with Crippen molar-refractivity contribution in [2.45, 2.75) is 24.4 Å². The molecule has 0 fully saturated rings. The summed E-state index contributed by atoms with van der Waals surface area (Å²) in [5.74, 6) is 0. The molecule has 0 heterocycles. The van der Waals surface area contributed by atoms with E-state index >= 15 is 0 Å². The molecule has 1 aromatic rings. The van der Waals surface area contributed by atoms with Crippen molar-refractivity contribution in [3.05, 3.63) is 53.6 Å². The summed E-state index contributed by atoms with van der Waals surface area (Å²) in [6.07, 6.45) is 1.80. The van der Waals surface area contributed by atoms with Gasteiger partial charge >= 0.3 is 0 Å². The van der Waals surface area contributed by atoms with Gasteiger partial charge in [0.25, 0.3) is 0 Å². The van der Waals surface area contributed by atoms with Crippen LogP contribution in [0.15, 0.2) is 48.1 Å². The zero-order valence-corrected chi connectivity index (χ0v) is 16.1. The van der Waals surface area contributed by atoms with Gasteiger partial charge in [-0.15, -0.1) is 0 Å². The molecule has 0 radical (unpaired) electrons. The van der Waals surface area contributed by atoms with Crippen molar-refractivity contribution < 1.29 is 20.4 Å². The van der Waals surface area contributed by atoms with Gasteiger partial charge in [0.15, 0.2) is 0 Å². The highest BCUT2D eigenvalue weighted by Crippen LogP contribution is 2.19. The van der Waals surface area contributed by atoms with Crippen molar-refractivity contribution in [2.24, 2.45) is 0 Å². The van der Waals surface area contributed by atoms with Crippen LogP contribution in [0.5, 0.6) is 0 Å². The summed E-state index contributed by atoms with van der Waals surface area (Å²) in [5.41, 5.74) is 1.39. The molecule has 24 heavy (non-hydrogen) atoms. The Balaban J connectivity index is 0. The van der Waals surface area contributed by atoms with Crippen molar-refractivity contribution in [2.75, 3.05) is 13.2 Å². The largest absolute Gasteiger partial charge is 0.392 e. The van der Waals surface area contributed by atoms with Gasteiger partial charge in [-0.2, -0.15) is 40.5 Å². The molecule has 5 N–H and O–H groups in total. The average molecular weight is 394 g/mol. The minimum Gasteiger partial charge on any atom is -0.392 e. The van der Waals surface area contributed by atoms with E-state index in [2.05, 4.69) is 5.32 Å². The average Bonchev–Trinajstić information content (AvgIpc) is 2.52. The van der Waals surface area contributed by atoms with E-state index in [0.29, 0.717) is 12.1 Å². The van der Waals surface area contributed by atoms with Crippen LogP contribution in [0.25, 0.3) is 6.08 Å². The Hall–Kier alpha value is -0.450. The van der Waals surface area contributed by atoms with Gasteiger partial charge in [-0.25, -0.2) is 0 Å². The van der Waals surface area contributed by atoms with Gasteiger partial charge in [0.1, 0.15) is 18.3 Å². The monoisotopic (exact) mass is 393 g/mol. The van der Waals surface area contributed by atoms with E-state index in [1.165, 1.54) is 0 Å². The zero-order valence-electron chi connectivity index (χ0n) is 13.1. The van der Waals surface area contributed by atoms with Gasteiger partial charge in [0, 0.05) is 6.54 Å². The second-order valence-electron chi connectivity index (χ2n) is 5.07. The Morgan fingerprint density at radius 1 is 0.958 bits per heavy atom. The number of hydrogen-bond acceptors (Lipinski definition) is 5. The molecule has 1 aliphatic carbocycles. The maximum atomic E-state index is 9.91. The highest BCUT2D eigenvalue weighted by atomic mass is 32.1. The fourth-order valence-corrected chi connectivity index (χ4v) is 2.34. The maximum absolute atomic E-state index is 9.91. The van der Waals surface area contributed by atoms with E-state index in [1.807, 2.05) is 42.5 Å². The molecule has 1 unspecified atom stereocenters. The quantitative estimate of drug-likeness (QED) is 0.455. The van der Waals surface area contributed by atoms with E-state index < -0.39 is 24.4 Å². The molecule has 0 bridgehead atoms. The fraction of sp³-hybridized carbons (Fsp3) is 0.375. The van der Waals surface area contributed by atoms with Crippen LogP contribution in [0, 0.1) is 0 Å². The van der Waals surface area contributed by atoms with Crippen LogP contribution in [0.2, 0.25) is 0 Å². The number of nitrogens with one attached hydrogen (secondary N) is 1. The number of aliphatic hydroxyl groups is 4. The first kappa shape index (κ1) is 25.8. The molecular weight excluding hydrogens is 366 g/mol. The summed E-state index contributed by atoms with van der Waals surface area (Å²) in [6.45, 7) is 0.150. The summed E-state index contributed by atoms with van der Waals surface area (Å²) in [4.78, 5) is 0. The summed E-state index contributed by atoms with van der Waals surface area (Å²) < 4.78 is 0. The highest BCUT2D eigenvalue weighted by molar-refractivity contribution is 7.59.